The first kappa shape index (κ1) is 23.4. The molecule has 0 aromatic heterocycles. The first-order chi connectivity index (χ1) is 14.3. The molecule has 1 aliphatic carbocycles. The Labute approximate surface area is 196 Å². The number of nitrogens with one attached hydrogen (secondary N) is 2. The Kier molecular flexibility index (Phi) is 8.88. The summed E-state index contributed by atoms with van der Waals surface area (Å²) < 4.78 is 22.4. The van der Waals surface area contributed by atoms with Crippen LogP contribution in [0, 0.1) is 5.92 Å². The molecule has 2 aliphatic heterocycles. The zero-order valence-electron chi connectivity index (χ0n) is 17.8. The number of ether oxygens (including phenoxy) is 4. The van der Waals surface area contributed by atoms with Gasteiger partial charge in [-0.3, -0.25) is 4.99 Å². The number of guanidine groups is 1. The summed E-state index contributed by atoms with van der Waals surface area (Å²) in [6, 6.07) is 6.31. The fourth-order valence-electron chi connectivity index (χ4n) is 3.95. The van der Waals surface area contributed by atoms with Crippen molar-refractivity contribution in [3.8, 4) is 11.5 Å². The van der Waals surface area contributed by atoms with Gasteiger partial charge in [0.2, 0.25) is 6.79 Å². The smallest absolute Gasteiger partial charge is 0.231 e. The van der Waals surface area contributed by atoms with Crippen LogP contribution in [0.2, 0.25) is 0 Å². The monoisotopic (exact) mass is 531 g/mol. The molecule has 1 saturated carbocycles. The number of aliphatic imine (C=N–C) groups is 1. The predicted octanol–water partition coefficient (Wildman–Crippen LogP) is 3.06. The van der Waals surface area contributed by atoms with Gasteiger partial charge in [0.1, 0.15) is 0 Å². The van der Waals surface area contributed by atoms with E-state index in [1.165, 1.54) is 18.4 Å². The molecule has 0 spiro atoms. The molecule has 168 valence electrons. The third kappa shape index (κ3) is 6.13. The van der Waals surface area contributed by atoms with E-state index in [9.17, 15) is 0 Å². The van der Waals surface area contributed by atoms with Gasteiger partial charge in [-0.1, -0.05) is 6.07 Å². The maximum absolute atomic E-state index is 5.70. The van der Waals surface area contributed by atoms with Crippen LogP contribution in [0.3, 0.4) is 0 Å². The third-order valence-corrected chi connectivity index (χ3v) is 6.06. The summed E-state index contributed by atoms with van der Waals surface area (Å²) >= 11 is 0. The average Bonchev–Trinajstić information content (AvgIpc) is 3.47. The predicted molar refractivity (Wildman–Crippen MR) is 127 cm³/mol. The van der Waals surface area contributed by atoms with Gasteiger partial charge in [0.25, 0.3) is 0 Å². The Hall–Kier alpha value is -1.26. The summed E-state index contributed by atoms with van der Waals surface area (Å²) in [7, 11) is 1.82. The molecule has 0 radical (unpaired) electrons. The van der Waals surface area contributed by atoms with Gasteiger partial charge in [0.15, 0.2) is 17.5 Å². The molecule has 0 unspecified atom stereocenters. The van der Waals surface area contributed by atoms with Crippen LogP contribution in [0.4, 0.5) is 0 Å². The average molecular weight is 531 g/mol. The van der Waals surface area contributed by atoms with Crippen molar-refractivity contribution in [2.45, 2.75) is 37.5 Å². The number of hydrogen-bond donors (Lipinski definition) is 2. The van der Waals surface area contributed by atoms with Crippen LogP contribution >= 0.6 is 24.0 Å². The lowest BCUT2D eigenvalue weighted by atomic mass is 9.74. The van der Waals surface area contributed by atoms with Gasteiger partial charge in [-0.2, -0.15) is 0 Å². The van der Waals surface area contributed by atoms with Crippen molar-refractivity contribution >= 4 is 29.9 Å². The minimum absolute atomic E-state index is 0. The van der Waals surface area contributed by atoms with Crippen LogP contribution in [0.5, 0.6) is 11.5 Å². The first-order valence-corrected chi connectivity index (χ1v) is 10.8. The molecule has 0 bridgehead atoms. The molecule has 0 atom stereocenters. The molecule has 0 amide bonds. The number of rotatable bonds is 9. The van der Waals surface area contributed by atoms with E-state index in [0.717, 1.165) is 82.2 Å². The Bertz CT molecular complexity index is 706. The van der Waals surface area contributed by atoms with Gasteiger partial charge >= 0.3 is 0 Å². The second-order valence-corrected chi connectivity index (χ2v) is 8.19. The number of benzene rings is 1. The lowest BCUT2D eigenvalue weighted by Gasteiger charge is -2.38. The Morgan fingerprint density at radius 1 is 1.17 bits per heavy atom. The van der Waals surface area contributed by atoms with Crippen molar-refractivity contribution in [3.05, 3.63) is 23.8 Å². The summed E-state index contributed by atoms with van der Waals surface area (Å²) in [4.78, 5) is 4.39. The van der Waals surface area contributed by atoms with E-state index in [1.54, 1.807) is 0 Å². The van der Waals surface area contributed by atoms with Gasteiger partial charge in [-0.05, 0) is 55.7 Å². The molecule has 2 heterocycles. The lowest BCUT2D eigenvalue weighted by Crippen LogP contribution is -2.48. The SMILES string of the molecule is CN=C(NCCCOCC1CC1)NCC1(c2ccc3c(c2)OCO3)CCOCC1.I. The van der Waals surface area contributed by atoms with Crippen molar-refractivity contribution in [2.24, 2.45) is 10.9 Å². The Morgan fingerprint density at radius 3 is 2.73 bits per heavy atom. The largest absolute Gasteiger partial charge is 0.454 e. The van der Waals surface area contributed by atoms with Crippen LogP contribution in [0.1, 0.15) is 37.7 Å². The van der Waals surface area contributed by atoms with Crippen molar-refractivity contribution < 1.29 is 18.9 Å². The molecular weight excluding hydrogens is 497 g/mol. The molecule has 7 nitrogen and oxygen atoms in total. The van der Waals surface area contributed by atoms with Crippen molar-refractivity contribution in [1.29, 1.82) is 0 Å². The number of fused-ring (bicyclic) bond motifs is 1. The number of nitrogens with zero attached hydrogens (tertiary/aromatic N) is 1. The van der Waals surface area contributed by atoms with Crippen LogP contribution in [-0.4, -0.2) is 59.3 Å². The van der Waals surface area contributed by atoms with E-state index in [1.807, 2.05) is 13.1 Å². The fraction of sp³-hybridized carbons (Fsp3) is 0.682. The third-order valence-electron chi connectivity index (χ3n) is 6.06. The number of hydrogen-bond acceptors (Lipinski definition) is 5. The topological polar surface area (TPSA) is 73.3 Å². The van der Waals surface area contributed by atoms with Gasteiger partial charge < -0.3 is 29.6 Å². The van der Waals surface area contributed by atoms with E-state index in [0.29, 0.717) is 6.79 Å². The highest BCUT2D eigenvalue weighted by Crippen LogP contribution is 2.40. The maximum Gasteiger partial charge on any atom is 0.231 e. The summed E-state index contributed by atoms with van der Waals surface area (Å²) in [5.74, 6) is 3.32. The van der Waals surface area contributed by atoms with E-state index in [2.05, 4.69) is 27.8 Å². The molecule has 4 rings (SSSR count). The highest BCUT2D eigenvalue weighted by molar-refractivity contribution is 14.0. The minimum atomic E-state index is -0.00970. The van der Waals surface area contributed by atoms with E-state index < -0.39 is 0 Å². The standard InChI is InChI=1S/C22H33N3O4.HI/c1-23-21(24-9-2-10-27-14-17-3-4-17)25-15-22(7-11-26-12-8-22)18-5-6-19-20(13-18)29-16-28-19;/h5-6,13,17H,2-4,7-12,14-16H2,1H3,(H2,23,24,25);1H. The maximum atomic E-state index is 5.70. The van der Waals surface area contributed by atoms with Crippen LogP contribution in [-0.2, 0) is 14.9 Å². The Morgan fingerprint density at radius 2 is 1.97 bits per heavy atom. The second kappa shape index (κ2) is 11.4. The summed E-state index contributed by atoms with van der Waals surface area (Å²) in [5, 5.41) is 6.94. The fourth-order valence-corrected chi connectivity index (χ4v) is 3.95. The molecule has 2 N–H and O–H groups in total. The van der Waals surface area contributed by atoms with Crippen LogP contribution in [0.15, 0.2) is 23.2 Å². The summed E-state index contributed by atoms with van der Waals surface area (Å²) in [6.07, 6.45) is 5.59. The van der Waals surface area contributed by atoms with Crippen molar-refractivity contribution in [3.63, 3.8) is 0 Å². The molecule has 1 saturated heterocycles. The Balaban J connectivity index is 0.00000256. The van der Waals surface area contributed by atoms with Crippen LogP contribution in [0.25, 0.3) is 0 Å². The molecule has 3 aliphatic rings. The normalized spacial score (nSPS) is 19.8. The molecule has 8 heteroatoms. The molecule has 1 aromatic rings. The highest BCUT2D eigenvalue weighted by atomic mass is 127. The van der Waals surface area contributed by atoms with Gasteiger partial charge in [0, 0.05) is 52.0 Å². The quantitative estimate of drug-likeness (QED) is 0.221. The van der Waals surface area contributed by atoms with Gasteiger partial charge in [0.05, 0.1) is 0 Å². The van der Waals surface area contributed by atoms with Crippen molar-refractivity contribution in [2.75, 3.05) is 53.4 Å². The van der Waals surface area contributed by atoms with Gasteiger partial charge in [-0.25, -0.2) is 0 Å². The minimum Gasteiger partial charge on any atom is -0.454 e. The van der Waals surface area contributed by atoms with Crippen LogP contribution < -0.4 is 20.1 Å². The zero-order chi connectivity index (χ0) is 19.9. The molecular formula is C22H34IN3O4. The zero-order valence-corrected chi connectivity index (χ0v) is 20.1. The first-order valence-electron chi connectivity index (χ1n) is 10.8. The summed E-state index contributed by atoms with van der Waals surface area (Å²) in [5.41, 5.74) is 1.26. The summed E-state index contributed by atoms with van der Waals surface area (Å²) in [6.45, 7) is 5.21. The van der Waals surface area contributed by atoms with Crippen molar-refractivity contribution in [1.82, 2.24) is 10.6 Å². The molecule has 2 fully saturated rings. The number of halogens is 1. The molecule has 30 heavy (non-hydrogen) atoms. The van der Waals surface area contributed by atoms with E-state index >= 15 is 0 Å². The lowest BCUT2D eigenvalue weighted by molar-refractivity contribution is 0.0513. The second-order valence-electron chi connectivity index (χ2n) is 8.19. The van der Waals surface area contributed by atoms with E-state index in [4.69, 9.17) is 18.9 Å². The van der Waals surface area contributed by atoms with E-state index in [-0.39, 0.29) is 29.4 Å². The molecule has 1 aromatic carbocycles. The highest BCUT2D eigenvalue weighted by Gasteiger charge is 2.35. The van der Waals surface area contributed by atoms with Gasteiger partial charge in [-0.15, -0.1) is 24.0 Å².